The molecule has 0 fully saturated rings. The summed E-state index contributed by atoms with van der Waals surface area (Å²) < 4.78 is 0. The van der Waals surface area contributed by atoms with Crippen LogP contribution in [0.2, 0.25) is 0 Å². The molecule has 0 aliphatic rings. The van der Waals surface area contributed by atoms with Crippen LogP contribution in [-0.4, -0.2) is 40.9 Å². The van der Waals surface area contributed by atoms with E-state index in [4.69, 9.17) is 5.84 Å². The smallest absolute Gasteiger partial charge is 0.272 e. The summed E-state index contributed by atoms with van der Waals surface area (Å²) in [5.41, 5.74) is 2.85. The van der Waals surface area contributed by atoms with Crippen molar-refractivity contribution < 1.29 is 4.79 Å². The van der Waals surface area contributed by atoms with Crippen LogP contribution in [0.4, 0.5) is 5.82 Å². The van der Waals surface area contributed by atoms with E-state index in [0.29, 0.717) is 11.5 Å². The number of aromatic nitrogens is 1. The number of amides is 1. The zero-order chi connectivity index (χ0) is 13.5. The first-order valence-electron chi connectivity index (χ1n) is 5.83. The fourth-order valence-electron chi connectivity index (χ4n) is 1.68. The number of hydrogen-bond donors (Lipinski definition) is 2. The normalized spacial score (nSPS) is 12.0. The van der Waals surface area contributed by atoms with Gasteiger partial charge in [0, 0.05) is 18.8 Å². The number of nitrogens with two attached hydrogens (primary N) is 1. The first-order chi connectivity index (χ1) is 8.63. The molecule has 1 rings (SSSR count). The van der Waals surface area contributed by atoms with Gasteiger partial charge in [0.2, 0.25) is 0 Å². The third-order valence-corrected chi connectivity index (χ3v) is 3.53. The summed E-state index contributed by atoms with van der Waals surface area (Å²) in [6.45, 7) is 2.08. The summed E-state index contributed by atoms with van der Waals surface area (Å²) >= 11 is 1.74. The van der Waals surface area contributed by atoms with Crippen LogP contribution in [0.15, 0.2) is 18.2 Å². The first-order valence-corrected chi connectivity index (χ1v) is 7.23. The minimum absolute atomic E-state index is 0.0759. The molecule has 1 atom stereocenters. The van der Waals surface area contributed by atoms with Gasteiger partial charge < -0.3 is 10.3 Å². The topological polar surface area (TPSA) is 71.2 Å². The SMILES string of the molecule is CCC(CSC)N(C)C(=O)c1cccc(NN)n1. The predicted octanol–water partition coefficient (Wildman–Crippen LogP) is 1.58. The fraction of sp³-hybridized carbons (Fsp3) is 0.500. The Hall–Kier alpha value is -1.27. The summed E-state index contributed by atoms with van der Waals surface area (Å²) in [7, 11) is 1.82. The number of nitrogens with zero attached hydrogens (tertiary/aromatic N) is 2. The molecule has 1 aromatic heterocycles. The van der Waals surface area contributed by atoms with E-state index in [9.17, 15) is 4.79 Å². The Morgan fingerprint density at radius 3 is 2.89 bits per heavy atom. The van der Waals surface area contributed by atoms with Gasteiger partial charge in [-0.3, -0.25) is 4.79 Å². The molecular formula is C12H20N4OS. The highest BCUT2D eigenvalue weighted by molar-refractivity contribution is 7.98. The van der Waals surface area contributed by atoms with Crippen molar-refractivity contribution in [1.82, 2.24) is 9.88 Å². The second kappa shape index (κ2) is 7.23. The molecule has 1 amide bonds. The molecule has 6 heteroatoms. The van der Waals surface area contributed by atoms with E-state index in [2.05, 4.69) is 17.3 Å². The van der Waals surface area contributed by atoms with Crippen LogP contribution >= 0.6 is 11.8 Å². The molecule has 0 saturated carbocycles. The van der Waals surface area contributed by atoms with E-state index >= 15 is 0 Å². The fourth-order valence-corrected chi connectivity index (χ4v) is 2.52. The molecule has 0 saturated heterocycles. The number of carbonyl (C=O) groups is 1. The standard InChI is InChI=1S/C12H20N4OS/c1-4-9(8-18-3)16(2)12(17)10-6-5-7-11(14-10)15-13/h5-7,9H,4,8,13H2,1-3H3,(H,14,15). The Bertz CT molecular complexity index is 399. The number of hydrazine groups is 1. The summed E-state index contributed by atoms with van der Waals surface area (Å²) in [6.07, 6.45) is 2.97. The van der Waals surface area contributed by atoms with Crippen molar-refractivity contribution in [3.05, 3.63) is 23.9 Å². The average Bonchev–Trinajstić information content (AvgIpc) is 2.43. The lowest BCUT2D eigenvalue weighted by Gasteiger charge is -2.26. The van der Waals surface area contributed by atoms with Gasteiger partial charge in [-0.05, 0) is 24.8 Å². The molecule has 0 aliphatic heterocycles. The Labute approximate surface area is 112 Å². The zero-order valence-electron chi connectivity index (χ0n) is 11.0. The van der Waals surface area contributed by atoms with E-state index in [-0.39, 0.29) is 11.9 Å². The van der Waals surface area contributed by atoms with Crippen molar-refractivity contribution in [3.63, 3.8) is 0 Å². The minimum atomic E-state index is -0.0759. The summed E-state index contributed by atoms with van der Waals surface area (Å²) in [4.78, 5) is 18.2. The van der Waals surface area contributed by atoms with E-state index in [1.807, 2.05) is 13.3 Å². The average molecular weight is 268 g/mol. The number of nitrogen functional groups attached to an aromatic ring is 1. The van der Waals surface area contributed by atoms with Gasteiger partial charge in [-0.25, -0.2) is 10.8 Å². The Kier molecular flexibility index (Phi) is 5.94. The lowest BCUT2D eigenvalue weighted by atomic mass is 10.2. The summed E-state index contributed by atoms with van der Waals surface area (Å²) in [5, 5.41) is 0. The van der Waals surface area contributed by atoms with Gasteiger partial charge in [-0.2, -0.15) is 11.8 Å². The second-order valence-electron chi connectivity index (χ2n) is 3.99. The Balaban J connectivity index is 2.84. The zero-order valence-corrected chi connectivity index (χ0v) is 11.8. The largest absolute Gasteiger partial charge is 0.337 e. The molecular weight excluding hydrogens is 248 g/mol. The number of anilines is 1. The molecule has 0 spiro atoms. The van der Waals surface area contributed by atoms with Gasteiger partial charge in [0.25, 0.3) is 5.91 Å². The van der Waals surface area contributed by atoms with Crippen LogP contribution in [0.3, 0.4) is 0 Å². The van der Waals surface area contributed by atoms with E-state index in [1.54, 1.807) is 34.9 Å². The molecule has 1 heterocycles. The maximum atomic E-state index is 12.3. The van der Waals surface area contributed by atoms with Gasteiger partial charge in [-0.1, -0.05) is 13.0 Å². The number of hydrogen-bond acceptors (Lipinski definition) is 5. The molecule has 0 bridgehead atoms. The summed E-state index contributed by atoms with van der Waals surface area (Å²) in [6, 6.07) is 5.41. The molecule has 0 radical (unpaired) electrons. The highest BCUT2D eigenvalue weighted by Crippen LogP contribution is 2.12. The highest BCUT2D eigenvalue weighted by Gasteiger charge is 2.20. The van der Waals surface area contributed by atoms with Crippen LogP contribution in [0.25, 0.3) is 0 Å². The van der Waals surface area contributed by atoms with Crippen LogP contribution in [0, 0.1) is 0 Å². The summed E-state index contributed by atoms with van der Waals surface area (Å²) in [5.74, 6) is 6.63. The molecule has 3 N–H and O–H groups in total. The van der Waals surface area contributed by atoms with E-state index in [1.165, 1.54) is 0 Å². The molecule has 1 unspecified atom stereocenters. The van der Waals surface area contributed by atoms with E-state index < -0.39 is 0 Å². The van der Waals surface area contributed by atoms with Crippen molar-refractivity contribution in [3.8, 4) is 0 Å². The van der Waals surface area contributed by atoms with Crippen molar-refractivity contribution in [1.29, 1.82) is 0 Å². The van der Waals surface area contributed by atoms with Crippen molar-refractivity contribution in [2.24, 2.45) is 5.84 Å². The number of carbonyl (C=O) groups excluding carboxylic acids is 1. The molecule has 1 aromatic rings. The van der Waals surface area contributed by atoms with Crippen LogP contribution in [0.5, 0.6) is 0 Å². The molecule has 100 valence electrons. The van der Waals surface area contributed by atoms with Crippen LogP contribution in [-0.2, 0) is 0 Å². The van der Waals surface area contributed by atoms with Gasteiger partial charge in [0.15, 0.2) is 0 Å². The first kappa shape index (κ1) is 14.8. The minimum Gasteiger partial charge on any atom is -0.337 e. The van der Waals surface area contributed by atoms with Gasteiger partial charge in [-0.15, -0.1) is 0 Å². The van der Waals surface area contributed by atoms with Crippen molar-refractivity contribution >= 4 is 23.5 Å². The molecule has 0 aromatic carbocycles. The van der Waals surface area contributed by atoms with Crippen LogP contribution < -0.4 is 11.3 Å². The predicted molar refractivity (Wildman–Crippen MR) is 76.6 cm³/mol. The Morgan fingerprint density at radius 2 is 2.33 bits per heavy atom. The van der Waals surface area contributed by atoms with Crippen molar-refractivity contribution in [2.45, 2.75) is 19.4 Å². The monoisotopic (exact) mass is 268 g/mol. The van der Waals surface area contributed by atoms with Gasteiger partial charge in [0.1, 0.15) is 11.5 Å². The lowest BCUT2D eigenvalue weighted by Crippen LogP contribution is -2.38. The van der Waals surface area contributed by atoms with Gasteiger partial charge in [0.05, 0.1) is 0 Å². The number of nitrogens with one attached hydrogen (secondary N) is 1. The highest BCUT2D eigenvalue weighted by atomic mass is 32.2. The molecule has 18 heavy (non-hydrogen) atoms. The lowest BCUT2D eigenvalue weighted by molar-refractivity contribution is 0.0738. The van der Waals surface area contributed by atoms with Crippen molar-refractivity contribution in [2.75, 3.05) is 24.5 Å². The number of thioether (sulfide) groups is 1. The quantitative estimate of drug-likeness (QED) is 0.605. The van der Waals surface area contributed by atoms with Gasteiger partial charge >= 0.3 is 0 Å². The molecule has 0 aliphatic carbocycles. The van der Waals surface area contributed by atoms with E-state index in [0.717, 1.165) is 12.2 Å². The number of pyridine rings is 1. The third kappa shape index (κ3) is 3.61. The maximum absolute atomic E-state index is 12.3. The second-order valence-corrected chi connectivity index (χ2v) is 4.90. The third-order valence-electron chi connectivity index (χ3n) is 2.81. The number of rotatable bonds is 6. The Morgan fingerprint density at radius 1 is 1.61 bits per heavy atom. The van der Waals surface area contributed by atoms with Crippen LogP contribution in [0.1, 0.15) is 23.8 Å². The molecule has 5 nitrogen and oxygen atoms in total. The maximum Gasteiger partial charge on any atom is 0.272 e.